The minimum absolute atomic E-state index is 0.131. The molecule has 8 nitrogen and oxygen atoms in total. The number of carbonyl (C=O) groups excluding carboxylic acids is 2. The van der Waals surface area contributed by atoms with Crippen molar-refractivity contribution < 1.29 is 22.4 Å². The normalized spacial score (nSPS) is 12.3. The Labute approximate surface area is 195 Å². The predicted molar refractivity (Wildman–Crippen MR) is 126 cm³/mol. The van der Waals surface area contributed by atoms with Crippen LogP contribution in [-0.4, -0.2) is 63.2 Å². The molecule has 0 heterocycles. The van der Waals surface area contributed by atoms with Gasteiger partial charge in [0, 0.05) is 27.7 Å². The summed E-state index contributed by atoms with van der Waals surface area (Å²) in [5.41, 5.74) is 1.95. The molecule has 0 aliphatic carbocycles. The lowest BCUT2D eigenvalue weighted by atomic mass is 10.1. The fraction of sp³-hybridized carbons (Fsp3) is 0.391. The van der Waals surface area contributed by atoms with Gasteiger partial charge in [-0.15, -0.1) is 0 Å². The Bertz CT molecular complexity index is 1070. The third-order valence-corrected chi connectivity index (χ3v) is 7.02. The molecule has 0 aromatic heterocycles. The predicted octanol–water partition coefficient (Wildman–Crippen LogP) is 2.30. The molecular weight excluding hydrogens is 447 g/mol. The minimum atomic E-state index is -4.08. The molecule has 0 aliphatic heterocycles. The molecule has 0 bridgehead atoms. The summed E-state index contributed by atoms with van der Waals surface area (Å²) in [7, 11) is 0.108. The van der Waals surface area contributed by atoms with Gasteiger partial charge in [-0.05, 0) is 43.2 Å². The third kappa shape index (κ3) is 6.52. The Balaban J connectivity index is 2.48. The number of halogens is 1. The van der Waals surface area contributed by atoms with Gasteiger partial charge < -0.3 is 10.2 Å². The molecule has 33 heavy (non-hydrogen) atoms. The summed E-state index contributed by atoms with van der Waals surface area (Å²) in [6.45, 7) is 3.29. The third-order valence-electron chi connectivity index (χ3n) is 5.20. The van der Waals surface area contributed by atoms with Crippen molar-refractivity contribution in [2.75, 3.05) is 32.0 Å². The standard InChI is InChI=1S/C23H31FN4O4S/c1-6-21(23(30)25-3)27(15-18-9-7-8-17(2)14-18)22(29)16-28(33(31,32)26(4)5)20-12-10-19(24)11-13-20/h7-14,21H,6,15-16H2,1-5H3,(H,25,30)/t21-/m1/s1. The molecule has 0 unspecified atom stereocenters. The van der Waals surface area contributed by atoms with Crippen molar-refractivity contribution in [3.05, 3.63) is 65.5 Å². The average molecular weight is 479 g/mol. The Morgan fingerprint density at radius 2 is 1.73 bits per heavy atom. The number of amides is 2. The summed E-state index contributed by atoms with van der Waals surface area (Å²) < 4.78 is 41.4. The summed E-state index contributed by atoms with van der Waals surface area (Å²) >= 11 is 0. The van der Waals surface area contributed by atoms with Gasteiger partial charge in [0.1, 0.15) is 18.4 Å². The fourth-order valence-electron chi connectivity index (χ4n) is 3.42. The first-order valence-electron chi connectivity index (χ1n) is 10.5. The van der Waals surface area contributed by atoms with E-state index >= 15 is 0 Å². The van der Waals surface area contributed by atoms with Crippen LogP contribution in [0.3, 0.4) is 0 Å². The fourth-order valence-corrected chi connectivity index (χ4v) is 4.47. The Hall–Kier alpha value is -2.98. The van der Waals surface area contributed by atoms with Crippen LogP contribution in [0.2, 0.25) is 0 Å². The van der Waals surface area contributed by atoms with Crippen molar-refractivity contribution in [2.45, 2.75) is 32.9 Å². The number of carbonyl (C=O) groups is 2. The molecule has 0 saturated carbocycles. The molecule has 1 N–H and O–H groups in total. The van der Waals surface area contributed by atoms with Crippen LogP contribution in [0, 0.1) is 12.7 Å². The van der Waals surface area contributed by atoms with Crippen LogP contribution in [0.5, 0.6) is 0 Å². The van der Waals surface area contributed by atoms with Gasteiger partial charge in [0.25, 0.3) is 0 Å². The van der Waals surface area contributed by atoms with Crippen molar-refractivity contribution in [2.24, 2.45) is 0 Å². The number of nitrogens with one attached hydrogen (secondary N) is 1. The van der Waals surface area contributed by atoms with Crippen LogP contribution in [0.4, 0.5) is 10.1 Å². The van der Waals surface area contributed by atoms with Gasteiger partial charge in [-0.1, -0.05) is 36.8 Å². The molecule has 2 amide bonds. The Morgan fingerprint density at radius 1 is 1.09 bits per heavy atom. The lowest BCUT2D eigenvalue weighted by molar-refractivity contribution is -0.140. The molecule has 180 valence electrons. The summed E-state index contributed by atoms with van der Waals surface area (Å²) in [5.74, 6) is -1.43. The highest BCUT2D eigenvalue weighted by Gasteiger charge is 2.33. The number of aryl methyl sites for hydroxylation is 1. The van der Waals surface area contributed by atoms with Crippen LogP contribution >= 0.6 is 0 Å². The van der Waals surface area contributed by atoms with E-state index in [0.29, 0.717) is 6.42 Å². The molecule has 0 aliphatic rings. The largest absolute Gasteiger partial charge is 0.357 e. The van der Waals surface area contributed by atoms with E-state index in [2.05, 4.69) is 5.32 Å². The second kappa shape index (κ2) is 11.2. The molecule has 0 saturated heterocycles. The van der Waals surface area contributed by atoms with Crippen LogP contribution in [0.15, 0.2) is 48.5 Å². The van der Waals surface area contributed by atoms with E-state index in [4.69, 9.17) is 0 Å². The summed E-state index contributed by atoms with van der Waals surface area (Å²) in [6, 6.07) is 11.6. The number of rotatable bonds is 10. The van der Waals surface area contributed by atoms with Crippen LogP contribution in [-0.2, 0) is 26.3 Å². The maximum atomic E-state index is 13.5. The second-order valence-corrected chi connectivity index (χ2v) is 9.89. The summed E-state index contributed by atoms with van der Waals surface area (Å²) in [5, 5.41) is 2.57. The SMILES string of the molecule is CC[C@H](C(=O)NC)N(Cc1cccc(C)c1)C(=O)CN(c1ccc(F)cc1)S(=O)(=O)N(C)C. The summed E-state index contributed by atoms with van der Waals surface area (Å²) in [4.78, 5) is 27.5. The van der Waals surface area contributed by atoms with Gasteiger partial charge in [-0.2, -0.15) is 12.7 Å². The lowest BCUT2D eigenvalue weighted by Gasteiger charge is -2.33. The lowest BCUT2D eigenvalue weighted by Crippen LogP contribution is -2.52. The van der Waals surface area contributed by atoms with Crippen LogP contribution in [0.25, 0.3) is 0 Å². The van der Waals surface area contributed by atoms with E-state index in [1.807, 2.05) is 31.2 Å². The van der Waals surface area contributed by atoms with Gasteiger partial charge in [0.05, 0.1) is 5.69 Å². The van der Waals surface area contributed by atoms with E-state index in [1.165, 1.54) is 38.2 Å². The molecule has 2 aromatic carbocycles. The average Bonchev–Trinajstić information content (AvgIpc) is 2.77. The maximum Gasteiger partial charge on any atom is 0.304 e. The monoisotopic (exact) mass is 478 g/mol. The van der Waals surface area contributed by atoms with Crippen molar-refractivity contribution >= 4 is 27.7 Å². The summed E-state index contributed by atoms with van der Waals surface area (Å²) in [6.07, 6.45) is 0.341. The first-order chi connectivity index (χ1) is 15.5. The van der Waals surface area contributed by atoms with Crippen molar-refractivity contribution in [3.63, 3.8) is 0 Å². The van der Waals surface area contributed by atoms with E-state index in [9.17, 15) is 22.4 Å². The highest BCUT2D eigenvalue weighted by molar-refractivity contribution is 7.90. The number of anilines is 1. The van der Waals surface area contributed by atoms with Crippen molar-refractivity contribution in [1.29, 1.82) is 0 Å². The molecule has 0 radical (unpaired) electrons. The molecule has 10 heteroatoms. The van der Waals surface area contributed by atoms with Gasteiger partial charge in [0.2, 0.25) is 11.8 Å². The Kier molecular flexibility index (Phi) is 8.95. The molecule has 2 rings (SSSR count). The molecule has 1 atom stereocenters. The minimum Gasteiger partial charge on any atom is -0.357 e. The quantitative estimate of drug-likeness (QED) is 0.568. The highest BCUT2D eigenvalue weighted by Crippen LogP contribution is 2.22. The molecule has 2 aromatic rings. The number of hydrogen-bond donors (Lipinski definition) is 1. The highest BCUT2D eigenvalue weighted by atomic mass is 32.2. The van der Waals surface area contributed by atoms with Gasteiger partial charge in [-0.25, -0.2) is 8.70 Å². The van der Waals surface area contributed by atoms with Crippen molar-refractivity contribution in [1.82, 2.24) is 14.5 Å². The van der Waals surface area contributed by atoms with Crippen molar-refractivity contribution in [3.8, 4) is 0 Å². The van der Waals surface area contributed by atoms with Crippen LogP contribution < -0.4 is 9.62 Å². The zero-order valence-electron chi connectivity index (χ0n) is 19.6. The van der Waals surface area contributed by atoms with E-state index < -0.39 is 34.5 Å². The first kappa shape index (κ1) is 26.3. The van der Waals surface area contributed by atoms with Crippen LogP contribution in [0.1, 0.15) is 24.5 Å². The van der Waals surface area contributed by atoms with E-state index in [0.717, 1.165) is 31.9 Å². The van der Waals surface area contributed by atoms with Gasteiger partial charge in [-0.3, -0.25) is 9.59 Å². The second-order valence-electron chi connectivity index (χ2n) is 7.82. The smallest absolute Gasteiger partial charge is 0.304 e. The van der Waals surface area contributed by atoms with E-state index in [1.54, 1.807) is 6.92 Å². The van der Waals surface area contributed by atoms with E-state index in [-0.39, 0.29) is 18.1 Å². The topological polar surface area (TPSA) is 90.0 Å². The molecule has 0 fully saturated rings. The van der Waals surface area contributed by atoms with Gasteiger partial charge >= 0.3 is 10.2 Å². The Morgan fingerprint density at radius 3 is 2.24 bits per heavy atom. The number of nitrogens with zero attached hydrogens (tertiary/aromatic N) is 3. The molecule has 0 spiro atoms. The number of benzene rings is 2. The molecular formula is C23H31FN4O4S. The zero-order valence-corrected chi connectivity index (χ0v) is 20.4. The van der Waals surface area contributed by atoms with Gasteiger partial charge in [0.15, 0.2) is 0 Å². The maximum absolute atomic E-state index is 13.5. The number of hydrogen-bond acceptors (Lipinski definition) is 4. The zero-order chi connectivity index (χ0) is 24.8. The first-order valence-corrected chi connectivity index (χ1v) is 11.9. The number of likely N-dealkylation sites (N-methyl/N-ethyl adjacent to an activating group) is 1.